The SMILES string of the molecule is COC(=O)CCCCB(CCCCC(=O)OC)CCCCC(=O)OC. The Labute approximate surface area is 152 Å². The number of rotatable bonds is 15. The first-order chi connectivity index (χ1) is 12.0. The molecule has 0 aromatic rings. The van der Waals surface area contributed by atoms with Gasteiger partial charge in [0.05, 0.1) is 21.3 Å². The monoisotopic (exact) mass is 356 g/mol. The van der Waals surface area contributed by atoms with Crippen molar-refractivity contribution in [3.05, 3.63) is 0 Å². The summed E-state index contributed by atoms with van der Waals surface area (Å²) in [6, 6.07) is 0. The molecule has 0 aliphatic heterocycles. The van der Waals surface area contributed by atoms with E-state index in [0.29, 0.717) is 26.0 Å². The summed E-state index contributed by atoms with van der Waals surface area (Å²) in [5.41, 5.74) is 0. The van der Waals surface area contributed by atoms with E-state index in [1.165, 1.54) is 21.3 Å². The summed E-state index contributed by atoms with van der Waals surface area (Å²) in [5.74, 6) is -0.479. The number of esters is 3. The minimum absolute atomic E-state index is 0.160. The highest BCUT2D eigenvalue weighted by molar-refractivity contribution is 6.58. The van der Waals surface area contributed by atoms with Gasteiger partial charge in [-0.3, -0.25) is 14.4 Å². The number of carbonyl (C=O) groups excluding carboxylic acids is 3. The van der Waals surface area contributed by atoms with Crippen molar-refractivity contribution in [2.24, 2.45) is 0 Å². The van der Waals surface area contributed by atoms with Crippen LogP contribution in [-0.2, 0) is 28.6 Å². The maximum atomic E-state index is 11.2. The van der Waals surface area contributed by atoms with Crippen LogP contribution in [0, 0.1) is 0 Å². The summed E-state index contributed by atoms with van der Waals surface area (Å²) in [4.78, 5) is 33.5. The quantitative estimate of drug-likeness (QED) is 0.193. The van der Waals surface area contributed by atoms with Gasteiger partial charge in [0, 0.05) is 19.3 Å². The standard InChI is InChI=1S/C18H33BO6/c1-23-16(20)10-4-7-13-19(14-8-5-11-17(21)24-2)15-9-6-12-18(22)25-3/h4-15H2,1-3H3. The summed E-state index contributed by atoms with van der Waals surface area (Å²) in [6.45, 7) is 0.563. The third-order valence-electron chi connectivity index (χ3n) is 4.41. The molecule has 25 heavy (non-hydrogen) atoms. The van der Waals surface area contributed by atoms with Crippen molar-refractivity contribution < 1.29 is 28.6 Å². The lowest BCUT2D eigenvalue weighted by Crippen LogP contribution is -2.13. The van der Waals surface area contributed by atoms with Gasteiger partial charge in [-0.15, -0.1) is 0 Å². The molecule has 0 aliphatic carbocycles. The van der Waals surface area contributed by atoms with Crippen molar-refractivity contribution in [1.82, 2.24) is 0 Å². The van der Waals surface area contributed by atoms with Gasteiger partial charge in [0.15, 0.2) is 0 Å². The second-order valence-corrected chi connectivity index (χ2v) is 6.33. The topological polar surface area (TPSA) is 78.9 Å². The highest BCUT2D eigenvalue weighted by Gasteiger charge is 2.14. The maximum absolute atomic E-state index is 11.2. The van der Waals surface area contributed by atoms with Crippen molar-refractivity contribution in [2.45, 2.75) is 76.7 Å². The summed E-state index contributed by atoms with van der Waals surface area (Å²) in [5, 5.41) is 0. The average molecular weight is 356 g/mol. The van der Waals surface area contributed by atoms with Crippen LogP contribution in [0.3, 0.4) is 0 Å². The molecule has 0 rings (SSSR count). The molecule has 0 aromatic heterocycles. The fraction of sp³-hybridized carbons (Fsp3) is 0.833. The molecule has 144 valence electrons. The fourth-order valence-corrected chi connectivity index (χ4v) is 2.85. The number of methoxy groups -OCH3 is 3. The van der Waals surface area contributed by atoms with Crippen LogP contribution in [-0.4, -0.2) is 46.0 Å². The van der Waals surface area contributed by atoms with E-state index in [1.807, 2.05) is 0 Å². The lowest BCUT2D eigenvalue weighted by molar-refractivity contribution is -0.141. The van der Waals surface area contributed by atoms with Crippen LogP contribution in [0.15, 0.2) is 0 Å². The molecule has 7 heteroatoms. The molecule has 0 aromatic carbocycles. The van der Waals surface area contributed by atoms with Crippen LogP contribution in [0.5, 0.6) is 0 Å². The van der Waals surface area contributed by atoms with E-state index in [1.54, 1.807) is 0 Å². The third-order valence-corrected chi connectivity index (χ3v) is 4.41. The van der Waals surface area contributed by atoms with E-state index in [9.17, 15) is 14.4 Å². The van der Waals surface area contributed by atoms with Gasteiger partial charge < -0.3 is 14.2 Å². The molecular weight excluding hydrogens is 323 g/mol. The third kappa shape index (κ3) is 14.5. The van der Waals surface area contributed by atoms with Crippen LogP contribution in [0.25, 0.3) is 0 Å². The lowest BCUT2D eigenvalue weighted by atomic mass is 9.41. The van der Waals surface area contributed by atoms with E-state index in [4.69, 9.17) is 0 Å². The van der Waals surface area contributed by atoms with Crippen molar-refractivity contribution >= 4 is 24.6 Å². The predicted molar refractivity (Wildman–Crippen MR) is 97.8 cm³/mol. The van der Waals surface area contributed by atoms with Crippen molar-refractivity contribution in [1.29, 1.82) is 0 Å². The smallest absolute Gasteiger partial charge is 0.305 e. The van der Waals surface area contributed by atoms with E-state index in [0.717, 1.165) is 57.5 Å². The minimum atomic E-state index is -0.160. The normalized spacial score (nSPS) is 10.2. The van der Waals surface area contributed by atoms with Gasteiger partial charge in [-0.25, -0.2) is 0 Å². The van der Waals surface area contributed by atoms with Crippen molar-refractivity contribution in [3.8, 4) is 0 Å². The number of hydrogen-bond donors (Lipinski definition) is 0. The zero-order chi connectivity index (χ0) is 18.9. The number of unbranched alkanes of at least 4 members (excludes halogenated alkanes) is 3. The second-order valence-electron chi connectivity index (χ2n) is 6.33. The Morgan fingerprint density at radius 2 is 0.840 bits per heavy atom. The Hall–Kier alpha value is -1.53. The molecule has 0 radical (unpaired) electrons. The van der Waals surface area contributed by atoms with E-state index < -0.39 is 0 Å². The van der Waals surface area contributed by atoms with Gasteiger partial charge >= 0.3 is 17.9 Å². The Morgan fingerprint density at radius 1 is 0.560 bits per heavy atom. The van der Waals surface area contributed by atoms with Crippen LogP contribution in [0.1, 0.15) is 57.8 Å². The van der Waals surface area contributed by atoms with Gasteiger partial charge in [0.2, 0.25) is 0 Å². The molecule has 0 saturated carbocycles. The van der Waals surface area contributed by atoms with Crippen LogP contribution < -0.4 is 0 Å². The van der Waals surface area contributed by atoms with Gasteiger partial charge in [-0.1, -0.05) is 38.2 Å². The zero-order valence-electron chi connectivity index (χ0n) is 16.0. The van der Waals surface area contributed by atoms with Crippen molar-refractivity contribution in [2.75, 3.05) is 21.3 Å². The van der Waals surface area contributed by atoms with E-state index in [-0.39, 0.29) is 17.9 Å². The Balaban J connectivity index is 4.05. The molecule has 6 nitrogen and oxygen atoms in total. The lowest BCUT2D eigenvalue weighted by Gasteiger charge is -2.13. The molecule has 0 atom stereocenters. The maximum Gasteiger partial charge on any atom is 0.305 e. The molecule has 0 bridgehead atoms. The predicted octanol–water partition coefficient (Wildman–Crippen LogP) is 3.51. The first-order valence-electron chi connectivity index (χ1n) is 9.23. The van der Waals surface area contributed by atoms with Crippen LogP contribution in [0.4, 0.5) is 0 Å². The number of hydrogen-bond acceptors (Lipinski definition) is 6. The second kappa shape index (κ2) is 16.0. The van der Waals surface area contributed by atoms with E-state index >= 15 is 0 Å². The van der Waals surface area contributed by atoms with Gasteiger partial charge in [-0.2, -0.15) is 0 Å². The molecule has 0 saturated heterocycles. The molecule has 0 amide bonds. The van der Waals surface area contributed by atoms with Crippen LogP contribution >= 0.6 is 0 Å². The Bertz CT molecular complexity index is 329. The van der Waals surface area contributed by atoms with Gasteiger partial charge in [0.25, 0.3) is 0 Å². The Morgan fingerprint density at radius 3 is 1.08 bits per heavy atom. The number of ether oxygens (including phenoxy) is 3. The fourth-order valence-electron chi connectivity index (χ4n) is 2.85. The summed E-state index contributed by atoms with van der Waals surface area (Å²) in [6.07, 6.45) is 10.1. The molecule has 0 spiro atoms. The first-order valence-corrected chi connectivity index (χ1v) is 9.23. The largest absolute Gasteiger partial charge is 0.469 e. The molecule has 0 heterocycles. The molecule has 0 aliphatic rings. The summed E-state index contributed by atoms with van der Waals surface area (Å²) in [7, 11) is 4.23. The van der Waals surface area contributed by atoms with Crippen molar-refractivity contribution in [3.63, 3.8) is 0 Å². The summed E-state index contributed by atoms with van der Waals surface area (Å²) < 4.78 is 14.0. The molecule has 0 unspecified atom stereocenters. The highest BCUT2D eigenvalue weighted by atomic mass is 16.5. The first kappa shape index (κ1) is 23.5. The zero-order valence-corrected chi connectivity index (χ0v) is 16.0. The molecule has 0 N–H and O–H groups in total. The minimum Gasteiger partial charge on any atom is -0.469 e. The highest BCUT2D eigenvalue weighted by Crippen LogP contribution is 2.18. The van der Waals surface area contributed by atoms with Gasteiger partial charge in [-0.05, 0) is 19.3 Å². The van der Waals surface area contributed by atoms with E-state index in [2.05, 4.69) is 14.2 Å². The Kier molecular flexibility index (Phi) is 15.0. The average Bonchev–Trinajstić information content (AvgIpc) is 2.63. The molecular formula is C18H33BO6. The van der Waals surface area contributed by atoms with Crippen LogP contribution in [0.2, 0.25) is 19.0 Å². The van der Waals surface area contributed by atoms with Gasteiger partial charge in [0.1, 0.15) is 6.71 Å². The number of carbonyl (C=O) groups is 3. The summed E-state index contributed by atoms with van der Waals surface area (Å²) >= 11 is 0. The molecule has 0 fully saturated rings.